The van der Waals surface area contributed by atoms with Crippen LogP contribution in [0.1, 0.15) is 33.9 Å². The summed E-state index contributed by atoms with van der Waals surface area (Å²) >= 11 is 9.48. The average Bonchev–Trinajstić information content (AvgIpc) is 3.61. The molecule has 0 aliphatic carbocycles. The van der Waals surface area contributed by atoms with E-state index in [1.165, 1.54) is 31.7 Å². The number of carbonyl (C=O) groups is 3. The van der Waals surface area contributed by atoms with Gasteiger partial charge in [-0.2, -0.15) is 9.97 Å². The number of hydrogen-bond acceptors (Lipinski definition) is 15. The van der Waals surface area contributed by atoms with Crippen LogP contribution in [0.15, 0.2) is 28.9 Å². The quantitative estimate of drug-likeness (QED) is 0.0835. The van der Waals surface area contributed by atoms with Crippen molar-refractivity contribution in [3.05, 3.63) is 29.8 Å². The molecule has 1 saturated heterocycles. The second kappa shape index (κ2) is 12.9. The Morgan fingerprint density at radius 3 is 2.60 bits per heavy atom. The lowest BCUT2D eigenvalue weighted by molar-refractivity contribution is -0.166. The first-order valence-corrected chi connectivity index (χ1v) is 15.2. The summed E-state index contributed by atoms with van der Waals surface area (Å²) in [5.41, 5.74) is 8.14. The Balaban J connectivity index is 1.39. The highest BCUT2D eigenvalue weighted by molar-refractivity contribution is 8.01. The molecule has 4 heterocycles. The van der Waals surface area contributed by atoms with Gasteiger partial charge in [0.2, 0.25) is 5.28 Å². The van der Waals surface area contributed by atoms with Crippen LogP contribution in [0.25, 0.3) is 21.4 Å². The van der Waals surface area contributed by atoms with Crippen molar-refractivity contribution >= 4 is 85.5 Å². The molecule has 0 spiro atoms. The van der Waals surface area contributed by atoms with E-state index in [1.807, 2.05) is 25.1 Å². The first-order chi connectivity index (χ1) is 20.5. The number of nitrogen functional groups attached to an aromatic ring is 1. The summed E-state index contributed by atoms with van der Waals surface area (Å²) in [5, 5.41) is 3.27. The third-order valence-electron chi connectivity index (χ3n) is 6.24. The monoisotopic (exact) mass is 649 g/mol. The zero-order chi connectivity index (χ0) is 30.8. The maximum atomic E-state index is 12.0. The molecule has 17 heteroatoms. The molecule has 1 aliphatic rings. The van der Waals surface area contributed by atoms with E-state index in [0.29, 0.717) is 22.8 Å². The SMILES string of the molecule is CC(=O)OC[C@H]1O[C@@H](n2cnc3c(N[C@H](C)CSc4nc5ccc(N)cc5s4)nc(Cl)nc32)[C@H](OC(C)=O)[C@@H]1OC(C)=O. The first-order valence-electron chi connectivity index (χ1n) is 13.1. The second-order valence-electron chi connectivity index (χ2n) is 9.74. The van der Waals surface area contributed by atoms with Gasteiger partial charge in [0.25, 0.3) is 0 Å². The second-order valence-corrected chi connectivity index (χ2v) is 12.4. The van der Waals surface area contributed by atoms with E-state index in [9.17, 15) is 14.4 Å². The third-order valence-corrected chi connectivity index (χ3v) is 8.83. The Kier molecular flexibility index (Phi) is 9.19. The molecular weight excluding hydrogens is 622 g/mol. The average molecular weight is 650 g/mol. The first kappa shape index (κ1) is 30.7. The van der Waals surface area contributed by atoms with Gasteiger partial charge in [-0.15, -0.1) is 11.3 Å². The molecule has 5 atom stereocenters. The van der Waals surface area contributed by atoms with Crippen molar-refractivity contribution in [2.75, 3.05) is 23.4 Å². The van der Waals surface area contributed by atoms with Crippen LogP contribution in [0, 0.1) is 0 Å². The van der Waals surface area contributed by atoms with Gasteiger partial charge in [0.15, 0.2) is 39.8 Å². The van der Waals surface area contributed by atoms with Gasteiger partial charge in [-0.1, -0.05) is 11.8 Å². The van der Waals surface area contributed by atoms with Gasteiger partial charge < -0.3 is 30.0 Å². The number of thioether (sulfide) groups is 1. The number of nitrogens with two attached hydrogens (primary N) is 1. The molecule has 1 aliphatic heterocycles. The topological polar surface area (TPSA) is 183 Å². The van der Waals surface area contributed by atoms with E-state index in [0.717, 1.165) is 14.6 Å². The minimum atomic E-state index is -1.11. The number of nitrogens with zero attached hydrogens (tertiary/aromatic N) is 5. The molecule has 4 aromatic rings. The van der Waals surface area contributed by atoms with Gasteiger partial charge in [-0.05, 0) is 36.7 Å². The largest absolute Gasteiger partial charge is 0.463 e. The van der Waals surface area contributed by atoms with Crippen LogP contribution in [0.2, 0.25) is 5.28 Å². The molecule has 0 amide bonds. The van der Waals surface area contributed by atoms with Gasteiger partial charge >= 0.3 is 17.9 Å². The minimum Gasteiger partial charge on any atom is -0.463 e. The molecule has 3 aromatic heterocycles. The number of rotatable bonds is 10. The Labute approximate surface area is 258 Å². The Morgan fingerprint density at radius 2 is 1.88 bits per heavy atom. The number of esters is 3. The van der Waals surface area contributed by atoms with E-state index in [2.05, 4.69) is 25.3 Å². The Bertz CT molecular complexity index is 1680. The molecule has 0 radical (unpaired) electrons. The van der Waals surface area contributed by atoms with E-state index in [-0.39, 0.29) is 23.6 Å². The van der Waals surface area contributed by atoms with Crippen LogP contribution in [-0.4, -0.2) is 79.1 Å². The van der Waals surface area contributed by atoms with Crippen molar-refractivity contribution in [3.8, 4) is 0 Å². The highest BCUT2D eigenvalue weighted by Crippen LogP contribution is 2.37. The van der Waals surface area contributed by atoms with Crippen molar-refractivity contribution in [1.29, 1.82) is 0 Å². The van der Waals surface area contributed by atoms with Crippen LogP contribution >= 0.6 is 34.7 Å². The van der Waals surface area contributed by atoms with Crippen LogP contribution in [0.5, 0.6) is 0 Å². The molecule has 228 valence electrons. The summed E-state index contributed by atoms with van der Waals surface area (Å²) in [5.74, 6) is -0.781. The number of carbonyl (C=O) groups excluding carboxylic acids is 3. The van der Waals surface area contributed by atoms with Crippen molar-refractivity contribution in [1.82, 2.24) is 24.5 Å². The van der Waals surface area contributed by atoms with Crippen molar-refractivity contribution in [3.63, 3.8) is 0 Å². The molecule has 0 bridgehead atoms. The number of aromatic nitrogens is 5. The van der Waals surface area contributed by atoms with E-state index < -0.39 is 42.4 Å². The van der Waals surface area contributed by atoms with E-state index in [1.54, 1.807) is 23.1 Å². The molecular formula is C26H28ClN7O7S2. The van der Waals surface area contributed by atoms with E-state index >= 15 is 0 Å². The van der Waals surface area contributed by atoms with Crippen LogP contribution in [-0.2, 0) is 33.3 Å². The maximum Gasteiger partial charge on any atom is 0.303 e. The number of nitrogens with one attached hydrogen (secondary N) is 1. The van der Waals surface area contributed by atoms with Crippen LogP contribution < -0.4 is 11.1 Å². The van der Waals surface area contributed by atoms with Crippen molar-refractivity contribution in [2.45, 2.75) is 62.6 Å². The van der Waals surface area contributed by atoms with Gasteiger partial charge in [0.1, 0.15) is 12.7 Å². The Hall–Kier alpha value is -3.73. The minimum absolute atomic E-state index is 0.0598. The number of hydrogen-bond donors (Lipinski definition) is 2. The summed E-state index contributed by atoms with van der Waals surface area (Å²) in [6.45, 7) is 5.41. The standard InChI is InChI=1S/C26H28ClN7O7S2/c1-11(9-42-26-31-16-6-5-15(28)7-18(16)43-26)30-22-19-23(33-25(27)32-22)34(10-29-19)24-21(40-14(4)37)20(39-13(3)36)17(41-24)8-38-12(2)35/h5-7,10-11,17,20-21,24H,8-9,28H2,1-4H3,(H,30,32,33)/t11-,17-,20-,21-,24-/m1/s1. The zero-order valence-corrected chi connectivity index (χ0v) is 25.9. The fraction of sp³-hybridized carbons (Fsp3) is 0.423. The molecule has 5 rings (SSSR count). The van der Waals surface area contributed by atoms with Gasteiger partial charge in [0, 0.05) is 38.3 Å². The van der Waals surface area contributed by atoms with Crippen molar-refractivity contribution < 1.29 is 33.3 Å². The van der Waals surface area contributed by atoms with E-state index in [4.69, 9.17) is 36.3 Å². The molecule has 0 unspecified atom stereocenters. The number of halogens is 1. The summed E-state index contributed by atoms with van der Waals surface area (Å²) < 4.78 is 25.7. The molecule has 14 nitrogen and oxygen atoms in total. The summed E-state index contributed by atoms with van der Waals surface area (Å²) in [6.07, 6.45) is -2.73. The molecule has 1 aromatic carbocycles. The predicted octanol–water partition coefficient (Wildman–Crippen LogP) is 3.59. The molecule has 0 saturated carbocycles. The fourth-order valence-corrected chi connectivity index (χ4v) is 6.80. The maximum absolute atomic E-state index is 12.0. The molecule has 3 N–H and O–H groups in total. The van der Waals surface area contributed by atoms with Crippen LogP contribution in [0.3, 0.4) is 0 Å². The number of anilines is 2. The van der Waals surface area contributed by atoms with Gasteiger partial charge in [-0.25, -0.2) is 9.97 Å². The Morgan fingerprint density at radius 1 is 1.14 bits per heavy atom. The molecule has 43 heavy (non-hydrogen) atoms. The lowest BCUT2D eigenvalue weighted by atomic mass is 10.1. The highest BCUT2D eigenvalue weighted by atomic mass is 35.5. The summed E-state index contributed by atoms with van der Waals surface area (Å²) in [4.78, 5) is 53.3. The summed E-state index contributed by atoms with van der Waals surface area (Å²) in [7, 11) is 0. The van der Waals surface area contributed by atoms with Gasteiger partial charge in [-0.3, -0.25) is 19.0 Å². The summed E-state index contributed by atoms with van der Waals surface area (Å²) in [6, 6.07) is 5.54. The fourth-order valence-electron chi connectivity index (χ4n) is 4.55. The zero-order valence-electron chi connectivity index (χ0n) is 23.5. The predicted molar refractivity (Wildman–Crippen MR) is 160 cm³/mol. The lowest BCUT2D eigenvalue weighted by Gasteiger charge is -2.23. The number of imidazole rings is 1. The highest BCUT2D eigenvalue weighted by Gasteiger charge is 2.51. The lowest BCUT2D eigenvalue weighted by Crippen LogP contribution is -2.40. The van der Waals surface area contributed by atoms with Crippen molar-refractivity contribution in [2.24, 2.45) is 0 Å². The number of thiazole rings is 1. The number of ether oxygens (including phenoxy) is 4. The molecule has 1 fully saturated rings. The van der Waals surface area contributed by atoms with Crippen LogP contribution in [0.4, 0.5) is 11.5 Å². The van der Waals surface area contributed by atoms with Gasteiger partial charge in [0.05, 0.1) is 16.5 Å². The normalized spacial score (nSPS) is 20.7. The smallest absolute Gasteiger partial charge is 0.303 e. The number of benzene rings is 1. The number of fused-ring (bicyclic) bond motifs is 2. The third kappa shape index (κ3) is 7.09.